The van der Waals surface area contributed by atoms with E-state index in [4.69, 9.17) is 9.73 Å². The van der Waals surface area contributed by atoms with Crippen molar-refractivity contribution in [2.75, 3.05) is 26.2 Å². The van der Waals surface area contributed by atoms with Gasteiger partial charge in [-0.25, -0.2) is 9.98 Å². The number of benzene rings is 1. The minimum absolute atomic E-state index is 0. The number of likely N-dealkylation sites (tertiary alicyclic amines) is 1. The molecular weight excluding hydrogens is 489 g/mol. The summed E-state index contributed by atoms with van der Waals surface area (Å²) in [5.74, 6) is 1.45. The van der Waals surface area contributed by atoms with Gasteiger partial charge in [-0.3, -0.25) is 4.90 Å². The number of pyridine rings is 1. The first-order valence-corrected chi connectivity index (χ1v) is 10.7. The second kappa shape index (κ2) is 13.4. The third-order valence-electron chi connectivity index (χ3n) is 4.94. The Kier molecular flexibility index (Phi) is 10.9. The zero-order valence-corrected chi connectivity index (χ0v) is 20.4. The molecule has 0 bridgehead atoms. The third kappa shape index (κ3) is 8.10. The maximum Gasteiger partial charge on any atom is 0.213 e. The lowest BCUT2D eigenvalue weighted by atomic mass is 10.1. The van der Waals surface area contributed by atoms with Crippen LogP contribution in [0.4, 0.5) is 0 Å². The lowest BCUT2D eigenvalue weighted by molar-refractivity contribution is 0.326. The summed E-state index contributed by atoms with van der Waals surface area (Å²) in [7, 11) is 0. The molecule has 3 rings (SSSR count). The minimum Gasteiger partial charge on any atom is -0.478 e. The first kappa shape index (κ1) is 24.4. The molecule has 0 saturated carbocycles. The third-order valence-corrected chi connectivity index (χ3v) is 4.94. The zero-order valence-electron chi connectivity index (χ0n) is 18.1. The summed E-state index contributed by atoms with van der Waals surface area (Å²) >= 11 is 0. The molecule has 0 amide bonds. The molecule has 2 aromatic rings. The second-order valence-electron chi connectivity index (χ2n) is 7.28. The van der Waals surface area contributed by atoms with Gasteiger partial charge in [-0.05, 0) is 62.5 Å². The highest BCUT2D eigenvalue weighted by Crippen LogP contribution is 2.13. The molecule has 1 saturated heterocycles. The standard InChI is InChI=1S/C23H33N5O.HI/c1-3-24-23(27-17-21-11-12-25-22(15-21)29-4-2)26-16-19-7-9-20(10-8-19)18-28-13-5-6-14-28;/h7-12,15H,3-6,13-14,16-18H2,1-2H3,(H2,24,26,27);1H. The van der Waals surface area contributed by atoms with Gasteiger partial charge in [-0.2, -0.15) is 0 Å². The lowest BCUT2D eigenvalue weighted by Gasteiger charge is -2.15. The molecule has 164 valence electrons. The predicted molar refractivity (Wildman–Crippen MR) is 133 cm³/mol. The first-order valence-electron chi connectivity index (χ1n) is 10.7. The Morgan fingerprint density at radius 1 is 1.03 bits per heavy atom. The smallest absolute Gasteiger partial charge is 0.213 e. The maximum atomic E-state index is 5.46. The topological polar surface area (TPSA) is 61.8 Å². The number of nitrogens with zero attached hydrogens (tertiary/aromatic N) is 3. The number of ether oxygens (including phenoxy) is 1. The van der Waals surface area contributed by atoms with Gasteiger partial charge in [0.15, 0.2) is 5.96 Å². The molecule has 0 atom stereocenters. The Bertz CT molecular complexity index is 775. The van der Waals surface area contributed by atoms with Crippen LogP contribution in [0, 0.1) is 0 Å². The Balaban J connectivity index is 0.00000320. The summed E-state index contributed by atoms with van der Waals surface area (Å²) in [6.45, 7) is 10.3. The average Bonchev–Trinajstić information content (AvgIpc) is 3.25. The molecule has 2 N–H and O–H groups in total. The number of hydrogen-bond acceptors (Lipinski definition) is 4. The lowest BCUT2D eigenvalue weighted by Crippen LogP contribution is -2.36. The molecule has 1 fully saturated rings. The molecule has 1 aromatic carbocycles. The average molecular weight is 523 g/mol. The van der Waals surface area contributed by atoms with Gasteiger partial charge in [0.2, 0.25) is 5.88 Å². The quantitative estimate of drug-likeness (QED) is 0.296. The van der Waals surface area contributed by atoms with Gasteiger partial charge >= 0.3 is 0 Å². The van der Waals surface area contributed by atoms with Crippen LogP contribution in [0.2, 0.25) is 0 Å². The van der Waals surface area contributed by atoms with Crippen LogP contribution in [-0.2, 0) is 19.6 Å². The number of hydrogen-bond donors (Lipinski definition) is 2. The van der Waals surface area contributed by atoms with Gasteiger partial charge in [0.05, 0.1) is 13.2 Å². The molecule has 1 aromatic heterocycles. The van der Waals surface area contributed by atoms with Crippen molar-refractivity contribution in [1.82, 2.24) is 20.5 Å². The molecule has 1 aliphatic heterocycles. The van der Waals surface area contributed by atoms with Crippen molar-refractivity contribution in [2.24, 2.45) is 4.99 Å². The van der Waals surface area contributed by atoms with Crippen molar-refractivity contribution >= 4 is 29.9 Å². The van der Waals surface area contributed by atoms with E-state index in [0.29, 0.717) is 19.0 Å². The zero-order chi connectivity index (χ0) is 20.3. The van der Waals surface area contributed by atoms with Crippen molar-refractivity contribution in [3.63, 3.8) is 0 Å². The van der Waals surface area contributed by atoms with Crippen LogP contribution in [0.15, 0.2) is 47.6 Å². The Hall–Kier alpha value is -1.87. The van der Waals surface area contributed by atoms with E-state index < -0.39 is 0 Å². The number of halogens is 1. The molecule has 2 heterocycles. The Morgan fingerprint density at radius 2 is 1.77 bits per heavy atom. The van der Waals surface area contributed by atoms with Crippen LogP contribution in [0.3, 0.4) is 0 Å². The van der Waals surface area contributed by atoms with Gasteiger partial charge in [0.25, 0.3) is 0 Å². The molecule has 1 aliphatic rings. The van der Waals surface area contributed by atoms with Crippen molar-refractivity contribution < 1.29 is 4.74 Å². The maximum absolute atomic E-state index is 5.46. The molecule has 0 unspecified atom stereocenters. The Labute approximate surface area is 197 Å². The fraction of sp³-hybridized carbons (Fsp3) is 0.478. The van der Waals surface area contributed by atoms with Gasteiger partial charge in [-0.1, -0.05) is 24.3 Å². The number of aromatic nitrogens is 1. The number of nitrogens with one attached hydrogen (secondary N) is 2. The van der Waals surface area contributed by atoms with E-state index in [0.717, 1.165) is 31.2 Å². The van der Waals surface area contributed by atoms with E-state index in [1.165, 1.54) is 37.1 Å². The fourth-order valence-corrected chi connectivity index (χ4v) is 3.43. The summed E-state index contributed by atoms with van der Waals surface area (Å²) in [6.07, 6.45) is 4.43. The van der Waals surface area contributed by atoms with E-state index in [1.807, 2.05) is 19.1 Å². The normalized spacial score (nSPS) is 14.3. The SMILES string of the molecule is CCNC(=NCc1ccnc(OCC)c1)NCc1ccc(CN2CCCC2)cc1.I. The van der Waals surface area contributed by atoms with Crippen molar-refractivity contribution in [1.29, 1.82) is 0 Å². The summed E-state index contributed by atoms with van der Waals surface area (Å²) < 4.78 is 5.46. The summed E-state index contributed by atoms with van der Waals surface area (Å²) in [4.78, 5) is 11.4. The molecule has 7 heteroatoms. The van der Waals surface area contributed by atoms with Crippen LogP contribution in [0.1, 0.15) is 43.4 Å². The highest BCUT2D eigenvalue weighted by Gasteiger charge is 2.11. The van der Waals surface area contributed by atoms with Gasteiger partial charge in [0, 0.05) is 31.9 Å². The van der Waals surface area contributed by atoms with Gasteiger partial charge < -0.3 is 15.4 Å². The van der Waals surface area contributed by atoms with E-state index in [1.54, 1.807) is 6.20 Å². The molecular formula is C23H34IN5O. The van der Waals surface area contributed by atoms with Gasteiger partial charge in [0.1, 0.15) is 0 Å². The van der Waals surface area contributed by atoms with Crippen LogP contribution >= 0.6 is 24.0 Å². The number of guanidine groups is 1. The van der Waals surface area contributed by atoms with E-state index in [-0.39, 0.29) is 24.0 Å². The number of aliphatic imine (C=N–C) groups is 1. The highest BCUT2D eigenvalue weighted by atomic mass is 127. The summed E-state index contributed by atoms with van der Waals surface area (Å²) in [6, 6.07) is 12.8. The molecule has 0 spiro atoms. The molecule has 0 radical (unpaired) electrons. The van der Waals surface area contributed by atoms with E-state index in [2.05, 4.69) is 51.7 Å². The van der Waals surface area contributed by atoms with Crippen LogP contribution in [-0.4, -0.2) is 42.1 Å². The van der Waals surface area contributed by atoms with Gasteiger partial charge in [-0.15, -0.1) is 24.0 Å². The predicted octanol–water partition coefficient (Wildman–Crippen LogP) is 3.95. The van der Waals surface area contributed by atoms with Crippen molar-refractivity contribution in [3.8, 4) is 5.88 Å². The number of rotatable bonds is 9. The fourth-order valence-electron chi connectivity index (χ4n) is 3.43. The minimum atomic E-state index is 0. The molecule has 0 aliphatic carbocycles. The van der Waals surface area contributed by atoms with Crippen LogP contribution in [0.5, 0.6) is 5.88 Å². The second-order valence-corrected chi connectivity index (χ2v) is 7.28. The summed E-state index contributed by atoms with van der Waals surface area (Å²) in [5.41, 5.74) is 3.72. The molecule has 6 nitrogen and oxygen atoms in total. The summed E-state index contributed by atoms with van der Waals surface area (Å²) in [5, 5.41) is 6.73. The first-order chi connectivity index (χ1) is 14.3. The van der Waals surface area contributed by atoms with Crippen LogP contribution in [0.25, 0.3) is 0 Å². The van der Waals surface area contributed by atoms with Crippen molar-refractivity contribution in [3.05, 3.63) is 59.3 Å². The van der Waals surface area contributed by atoms with Crippen molar-refractivity contribution in [2.45, 2.75) is 46.3 Å². The Morgan fingerprint density at radius 3 is 2.47 bits per heavy atom. The van der Waals surface area contributed by atoms with E-state index >= 15 is 0 Å². The monoisotopic (exact) mass is 523 g/mol. The highest BCUT2D eigenvalue weighted by molar-refractivity contribution is 14.0. The largest absolute Gasteiger partial charge is 0.478 e. The van der Waals surface area contributed by atoms with Crippen LogP contribution < -0.4 is 15.4 Å². The van der Waals surface area contributed by atoms with E-state index in [9.17, 15) is 0 Å². The molecule has 30 heavy (non-hydrogen) atoms.